The predicted molar refractivity (Wildman–Crippen MR) is 127 cm³/mol. The molecule has 1 aliphatic rings. The zero-order valence-corrected chi connectivity index (χ0v) is 18.7. The highest BCUT2D eigenvalue weighted by atomic mass is 19.3. The number of imidazole rings is 1. The zero-order chi connectivity index (χ0) is 23.7. The molecule has 0 aliphatic carbocycles. The lowest BCUT2D eigenvalue weighted by molar-refractivity contribution is -0.0514. The Labute approximate surface area is 195 Å². The van der Waals surface area contributed by atoms with Gasteiger partial charge in [0.05, 0.1) is 30.8 Å². The first-order chi connectivity index (χ1) is 16.6. The second kappa shape index (κ2) is 9.05. The number of alkyl halides is 2. The van der Waals surface area contributed by atoms with Gasteiger partial charge in [-0.25, -0.2) is 4.98 Å². The lowest BCUT2D eigenvalue weighted by Gasteiger charge is -2.27. The second-order valence-corrected chi connectivity index (χ2v) is 7.69. The Bertz CT molecular complexity index is 1350. The first-order valence-electron chi connectivity index (χ1n) is 10.9. The summed E-state index contributed by atoms with van der Waals surface area (Å²) in [4.78, 5) is 4.79. The van der Waals surface area contributed by atoms with E-state index in [9.17, 15) is 8.78 Å². The van der Waals surface area contributed by atoms with Crippen molar-refractivity contribution in [2.24, 2.45) is 0 Å². The molecule has 0 bridgehead atoms. The highest BCUT2D eigenvalue weighted by Gasteiger charge is 2.26. The van der Waals surface area contributed by atoms with Crippen LogP contribution in [0.4, 0.5) is 14.7 Å². The molecular formula is C26H23F2N3O3. The molecule has 174 valence electrons. The van der Waals surface area contributed by atoms with E-state index < -0.39 is 6.61 Å². The number of hydrogen-bond acceptors (Lipinski definition) is 5. The van der Waals surface area contributed by atoms with Crippen molar-refractivity contribution in [3.63, 3.8) is 0 Å². The van der Waals surface area contributed by atoms with Gasteiger partial charge in [-0.3, -0.25) is 4.57 Å². The molecule has 1 atom stereocenters. The van der Waals surface area contributed by atoms with Crippen LogP contribution in [0.15, 0.2) is 72.8 Å². The van der Waals surface area contributed by atoms with Crippen molar-refractivity contribution < 1.29 is 23.0 Å². The summed E-state index contributed by atoms with van der Waals surface area (Å²) in [6.45, 7) is -0.816. The van der Waals surface area contributed by atoms with E-state index in [4.69, 9.17) is 14.5 Å². The molecule has 8 heteroatoms. The van der Waals surface area contributed by atoms with Crippen LogP contribution in [0.2, 0.25) is 0 Å². The van der Waals surface area contributed by atoms with E-state index in [0.29, 0.717) is 12.6 Å². The maximum Gasteiger partial charge on any atom is 0.387 e. The quantitative estimate of drug-likeness (QED) is 0.359. The number of benzene rings is 3. The number of rotatable bonds is 7. The molecule has 4 aromatic rings. The van der Waals surface area contributed by atoms with Gasteiger partial charge in [-0.1, -0.05) is 18.2 Å². The summed E-state index contributed by atoms with van der Waals surface area (Å²) < 4.78 is 43.5. The fourth-order valence-corrected chi connectivity index (χ4v) is 4.16. The van der Waals surface area contributed by atoms with Gasteiger partial charge in [0, 0.05) is 5.70 Å². The minimum atomic E-state index is -2.94. The average molecular weight is 463 g/mol. The number of methoxy groups -OCH3 is 1. The van der Waals surface area contributed by atoms with E-state index in [1.807, 2.05) is 48.5 Å². The van der Waals surface area contributed by atoms with E-state index in [1.54, 1.807) is 26.2 Å². The van der Waals surface area contributed by atoms with Gasteiger partial charge < -0.3 is 19.5 Å². The van der Waals surface area contributed by atoms with Crippen molar-refractivity contribution in [1.29, 1.82) is 0 Å². The van der Waals surface area contributed by atoms with Gasteiger partial charge in [0.1, 0.15) is 5.75 Å². The summed E-state index contributed by atoms with van der Waals surface area (Å²) in [7, 11) is 1.63. The Kier molecular flexibility index (Phi) is 5.79. The molecule has 34 heavy (non-hydrogen) atoms. The van der Waals surface area contributed by atoms with Gasteiger partial charge >= 0.3 is 6.61 Å². The minimum absolute atomic E-state index is 0.00426. The highest BCUT2D eigenvalue weighted by Crippen LogP contribution is 2.40. The molecule has 0 radical (unpaired) electrons. The van der Waals surface area contributed by atoms with Gasteiger partial charge in [0.15, 0.2) is 11.5 Å². The van der Waals surface area contributed by atoms with Crippen molar-refractivity contribution in [3.8, 4) is 17.2 Å². The third kappa shape index (κ3) is 4.03. The molecule has 1 aromatic heterocycles. The first kappa shape index (κ1) is 21.8. The van der Waals surface area contributed by atoms with Crippen LogP contribution in [-0.2, 0) is 0 Å². The Morgan fingerprint density at radius 3 is 2.56 bits per heavy atom. The molecule has 0 unspecified atom stereocenters. The van der Waals surface area contributed by atoms with Gasteiger partial charge in [0.25, 0.3) is 0 Å². The number of para-hydroxylation sites is 2. The Morgan fingerprint density at radius 1 is 1.03 bits per heavy atom. The SMILES string of the molecule is CCOc1cc([C@@H]2C=C(c3ccc(OC)cc3)Nc3nc4ccccc4n32)ccc1OC(F)F. The third-order valence-corrected chi connectivity index (χ3v) is 5.67. The van der Waals surface area contributed by atoms with Crippen LogP contribution in [0.25, 0.3) is 16.7 Å². The van der Waals surface area contributed by atoms with Crippen molar-refractivity contribution in [2.75, 3.05) is 19.0 Å². The molecule has 1 aliphatic heterocycles. The van der Waals surface area contributed by atoms with Crippen LogP contribution >= 0.6 is 0 Å². The summed E-state index contributed by atoms with van der Waals surface area (Å²) in [6.07, 6.45) is 2.08. The van der Waals surface area contributed by atoms with Gasteiger partial charge in [-0.05, 0) is 72.7 Å². The number of fused-ring (bicyclic) bond motifs is 3. The number of aromatic nitrogens is 2. The Hall–Kier alpha value is -4.07. The molecule has 0 spiro atoms. The molecule has 3 aromatic carbocycles. The molecule has 0 fully saturated rings. The molecule has 2 heterocycles. The fraction of sp³-hybridized carbons (Fsp3) is 0.192. The number of allylic oxidation sites excluding steroid dienone is 1. The maximum atomic E-state index is 12.9. The summed E-state index contributed by atoms with van der Waals surface area (Å²) >= 11 is 0. The highest BCUT2D eigenvalue weighted by molar-refractivity contribution is 5.85. The predicted octanol–water partition coefficient (Wildman–Crippen LogP) is 6.10. The zero-order valence-electron chi connectivity index (χ0n) is 18.7. The van der Waals surface area contributed by atoms with E-state index in [1.165, 1.54) is 6.07 Å². The standard InChI is InChI=1S/C26H23F2N3O3/c1-3-33-24-14-17(10-13-23(24)34-25(27)28)22-15-20(16-8-11-18(32-2)12-9-16)30-26-29-19-6-4-5-7-21(19)31(22)26/h4-15,22,25H,3H2,1-2H3,(H,29,30)/t22-/m0/s1. The number of nitrogens with zero attached hydrogens (tertiary/aromatic N) is 2. The molecule has 1 N–H and O–H groups in total. The molecular weight excluding hydrogens is 440 g/mol. The van der Waals surface area contributed by atoms with Crippen LogP contribution in [0.1, 0.15) is 24.1 Å². The first-order valence-corrected chi connectivity index (χ1v) is 10.9. The third-order valence-electron chi connectivity index (χ3n) is 5.67. The number of nitrogens with one attached hydrogen (secondary N) is 1. The van der Waals surface area contributed by atoms with Gasteiger partial charge in [-0.2, -0.15) is 8.78 Å². The Morgan fingerprint density at radius 2 is 1.82 bits per heavy atom. The van der Waals surface area contributed by atoms with E-state index in [-0.39, 0.29) is 17.5 Å². The summed E-state index contributed by atoms with van der Waals surface area (Å²) in [5.41, 5.74) is 4.49. The topological polar surface area (TPSA) is 57.5 Å². The molecule has 0 saturated carbocycles. The largest absolute Gasteiger partial charge is 0.497 e. The molecule has 0 amide bonds. The van der Waals surface area contributed by atoms with Crippen LogP contribution in [-0.4, -0.2) is 29.9 Å². The summed E-state index contributed by atoms with van der Waals surface area (Å²) in [5.74, 6) is 1.72. The van der Waals surface area contributed by atoms with Gasteiger partial charge in [0.2, 0.25) is 5.95 Å². The molecule has 0 saturated heterocycles. The normalized spacial score (nSPS) is 15.0. The number of ether oxygens (including phenoxy) is 3. The van der Waals surface area contributed by atoms with Crippen molar-refractivity contribution in [1.82, 2.24) is 9.55 Å². The van der Waals surface area contributed by atoms with Crippen LogP contribution in [0, 0.1) is 0 Å². The summed E-state index contributed by atoms with van der Waals surface area (Å²) in [6, 6.07) is 20.4. The van der Waals surface area contributed by atoms with E-state index >= 15 is 0 Å². The van der Waals surface area contributed by atoms with Crippen molar-refractivity contribution in [2.45, 2.75) is 19.6 Å². The maximum absolute atomic E-state index is 12.9. The van der Waals surface area contributed by atoms with E-state index in [2.05, 4.69) is 20.7 Å². The van der Waals surface area contributed by atoms with Crippen LogP contribution in [0.3, 0.4) is 0 Å². The summed E-state index contributed by atoms with van der Waals surface area (Å²) in [5, 5.41) is 3.43. The lowest BCUT2D eigenvalue weighted by Crippen LogP contribution is -2.19. The smallest absolute Gasteiger partial charge is 0.387 e. The number of anilines is 1. The lowest BCUT2D eigenvalue weighted by atomic mass is 10.0. The Balaban J connectivity index is 1.65. The number of hydrogen-bond donors (Lipinski definition) is 1. The van der Waals surface area contributed by atoms with Crippen LogP contribution < -0.4 is 19.5 Å². The second-order valence-electron chi connectivity index (χ2n) is 7.69. The van der Waals surface area contributed by atoms with Crippen LogP contribution in [0.5, 0.6) is 17.2 Å². The van der Waals surface area contributed by atoms with E-state index in [0.717, 1.165) is 33.6 Å². The molecule has 5 rings (SSSR count). The van der Waals surface area contributed by atoms with Gasteiger partial charge in [-0.15, -0.1) is 0 Å². The molecule has 6 nitrogen and oxygen atoms in total. The monoisotopic (exact) mass is 463 g/mol. The average Bonchev–Trinajstić information content (AvgIpc) is 3.23. The minimum Gasteiger partial charge on any atom is -0.497 e. The van der Waals surface area contributed by atoms with Crippen molar-refractivity contribution >= 4 is 22.7 Å². The van der Waals surface area contributed by atoms with Crippen molar-refractivity contribution in [3.05, 3.63) is 83.9 Å². The fourth-order valence-electron chi connectivity index (χ4n) is 4.16. The number of halogens is 2.